The third kappa shape index (κ3) is 4.72. The average molecular weight is 397 g/mol. The maximum Gasteiger partial charge on any atom is 0.282 e. The van der Waals surface area contributed by atoms with E-state index in [9.17, 15) is 4.79 Å². The van der Waals surface area contributed by atoms with Crippen LogP contribution in [-0.4, -0.2) is 61.4 Å². The zero-order chi connectivity index (χ0) is 20.1. The number of benzene rings is 2. The van der Waals surface area contributed by atoms with Crippen LogP contribution in [0.15, 0.2) is 53.3 Å². The normalized spacial score (nSPS) is 19.2. The lowest BCUT2D eigenvalue weighted by Gasteiger charge is -2.29. The Bertz CT molecular complexity index is 997. The number of hydrogen-bond acceptors (Lipinski definition) is 5. The summed E-state index contributed by atoms with van der Waals surface area (Å²) in [6.07, 6.45) is 0. The largest absolute Gasteiger partial charge is 0.497 e. The van der Waals surface area contributed by atoms with Gasteiger partial charge in [0.15, 0.2) is 6.67 Å². The van der Waals surface area contributed by atoms with Crippen molar-refractivity contribution < 1.29 is 19.3 Å². The summed E-state index contributed by atoms with van der Waals surface area (Å²) < 4.78 is 12.5. The first-order valence-corrected chi connectivity index (χ1v) is 9.99. The van der Waals surface area contributed by atoms with Crippen molar-refractivity contribution in [2.45, 2.75) is 6.67 Å². The van der Waals surface area contributed by atoms with Crippen LogP contribution in [0.25, 0.3) is 10.9 Å². The topological polar surface area (TPSA) is 75.1 Å². The van der Waals surface area contributed by atoms with Crippen LogP contribution < -0.4 is 24.8 Å². The van der Waals surface area contributed by atoms with Crippen molar-refractivity contribution in [2.24, 2.45) is 0 Å². The molecule has 29 heavy (non-hydrogen) atoms. The highest BCUT2D eigenvalue weighted by Crippen LogP contribution is 2.16. The predicted octanol–water partition coefficient (Wildman–Crippen LogP) is -1.38. The van der Waals surface area contributed by atoms with Gasteiger partial charge in [-0.2, -0.15) is 4.68 Å². The van der Waals surface area contributed by atoms with Gasteiger partial charge in [-0.25, -0.2) is 0 Å². The zero-order valence-corrected chi connectivity index (χ0v) is 16.6. The molecule has 0 bridgehead atoms. The monoisotopic (exact) mass is 397 g/mol. The first-order valence-electron chi connectivity index (χ1n) is 9.99. The van der Waals surface area contributed by atoms with Crippen LogP contribution in [0.3, 0.4) is 0 Å². The standard InChI is InChI=1S/C21H25N5O3/c1-28-17-6-8-18(9-7-17)29-15-14-24-10-12-25(13-11-24)16-26-21(27)19-4-2-3-5-20(19)22-23-26/h2-9H,10-16H2,1H3/p+2. The van der Waals surface area contributed by atoms with Crippen molar-refractivity contribution >= 4 is 10.9 Å². The Balaban J connectivity index is 1.24. The number of hydrogen-bond donors (Lipinski definition) is 2. The number of rotatable bonds is 7. The molecule has 0 saturated carbocycles. The van der Waals surface area contributed by atoms with Gasteiger partial charge < -0.3 is 19.3 Å². The molecule has 2 N–H and O–H groups in total. The molecule has 8 heteroatoms. The number of ether oxygens (including phenoxy) is 2. The fraction of sp³-hybridized carbons (Fsp3) is 0.381. The fourth-order valence-electron chi connectivity index (χ4n) is 3.69. The summed E-state index contributed by atoms with van der Waals surface area (Å²) >= 11 is 0. The molecule has 4 rings (SSSR count). The SMILES string of the molecule is COc1ccc(OCC[NH+]2CC[NH+](Cn3nnc4ccccc4c3=O)CC2)cc1. The summed E-state index contributed by atoms with van der Waals surface area (Å²) in [4.78, 5) is 15.5. The average Bonchev–Trinajstić information content (AvgIpc) is 2.77. The van der Waals surface area contributed by atoms with Crippen LogP contribution in [0.4, 0.5) is 0 Å². The molecule has 1 aromatic heterocycles. The second-order valence-corrected chi connectivity index (χ2v) is 7.34. The molecule has 0 atom stereocenters. The Morgan fingerprint density at radius 1 is 0.966 bits per heavy atom. The Labute approximate surface area is 169 Å². The van der Waals surface area contributed by atoms with Gasteiger partial charge in [0.2, 0.25) is 0 Å². The van der Waals surface area contributed by atoms with Crippen LogP contribution in [0.5, 0.6) is 11.5 Å². The molecule has 1 saturated heterocycles. The van der Waals surface area contributed by atoms with E-state index in [0.29, 0.717) is 24.2 Å². The summed E-state index contributed by atoms with van der Waals surface area (Å²) in [7, 11) is 1.66. The fourth-order valence-corrected chi connectivity index (χ4v) is 3.69. The van der Waals surface area contributed by atoms with Crippen molar-refractivity contribution in [1.29, 1.82) is 0 Å². The van der Waals surface area contributed by atoms with Crippen LogP contribution in [-0.2, 0) is 6.67 Å². The van der Waals surface area contributed by atoms with Gasteiger partial charge in [0.05, 0.1) is 12.5 Å². The Morgan fingerprint density at radius 3 is 2.41 bits per heavy atom. The molecular weight excluding hydrogens is 370 g/mol. The molecule has 0 amide bonds. The molecule has 0 spiro atoms. The summed E-state index contributed by atoms with van der Waals surface area (Å²) in [5.74, 6) is 1.70. The van der Waals surface area contributed by atoms with E-state index < -0.39 is 0 Å². The van der Waals surface area contributed by atoms with E-state index in [1.54, 1.807) is 7.11 Å². The molecule has 0 radical (unpaired) electrons. The van der Waals surface area contributed by atoms with Crippen LogP contribution in [0.2, 0.25) is 0 Å². The second kappa shape index (κ2) is 9.02. The minimum Gasteiger partial charge on any atom is -0.497 e. The lowest BCUT2D eigenvalue weighted by molar-refractivity contribution is -1.02. The lowest BCUT2D eigenvalue weighted by Crippen LogP contribution is -3.28. The van der Waals surface area contributed by atoms with Crippen molar-refractivity contribution in [3.8, 4) is 11.5 Å². The maximum atomic E-state index is 12.6. The van der Waals surface area contributed by atoms with E-state index in [2.05, 4.69) is 10.3 Å². The molecule has 2 aromatic carbocycles. The van der Waals surface area contributed by atoms with Gasteiger partial charge in [-0.15, -0.1) is 5.10 Å². The number of methoxy groups -OCH3 is 1. The highest BCUT2D eigenvalue weighted by Gasteiger charge is 2.23. The molecule has 1 fully saturated rings. The highest BCUT2D eigenvalue weighted by molar-refractivity contribution is 5.76. The van der Waals surface area contributed by atoms with Crippen molar-refractivity contribution in [3.63, 3.8) is 0 Å². The van der Waals surface area contributed by atoms with Crippen LogP contribution >= 0.6 is 0 Å². The number of piperazine rings is 1. The van der Waals surface area contributed by atoms with Crippen LogP contribution in [0, 0.1) is 0 Å². The number of fused-ring (bicyclic) bond motifs is 1. The van der Waals surface area contributed by atoms with Crippen molar-refractivity contribution in [3.05, 3.63) is 58.9 Å². The van der Waals surface area contributed by atoms with Crippen molar-refractivity contribution in [2.75, 3.05) is 46.4 Å². The van der Waals surface area contributed by atoms with E-state index in [1.165, 1.54) is 14.5 Å². The second-order valence-electron chi connectivity index (χ2n) is 7.34. The third-order valence-corrected chi connectivity index (χ3v) is 5.45. The molecule has 0 aliphatic carbocycles. The predicted molar refractivity (Wildman–Crippen MR) is 109 cm³/mol. The molecule has 2 heterocycles. The van der Waals surface area contributed by atoms with Crippen molar-refractivity contribution in [1.82, 2.24) is 15.0 Å². The van der Waals surface area contributed by atoms with Gasteiger partial charge in [0.1, 0.15) is 56.3 Å². The highest BCUT2D eigenvalue weighted by atomic mass is 16.5. The van der Waals surface area contributed by atoms with Gasteiger partial charge >= 0.3 is 0 Å². The summed E-state index contributed by atoms with van der Waals surface area (Å²) in [6.45, 7) is 6.32. The zero-order valence-electron chi connectivity index (χ0n) is 16.6. The van der Waals surface area contributed by atoms with E-state index in [-0.39, 0.29) is 5.56 Å². The van der Waals surface area contributed by atoms with E-state index >= 15 is 0 Å². The molecule has 152 valence electrons. The van der Waals surface area contributed by atoms with E-state index in [1.807, 2.05) is 48.5 Å². The van der Waals surface area contributed by atoms with Gasteiger partial charge in [-0.05, 0) is 36.4 Å². The molecular formula is C21H27N5O3+2. The summed E-state index contributed by atoms with van der Waals surface area (Å²) in [5.41, 5.74) is 0.584. The Morgan fingerprint density at radius 2 is 1.66 bits per heavy atom. The third-order valence-electron chi connectivity index (χ3n) is 5.45. The number of nitrogens with one attached hydrogen (secondary N) is 2. The lowest BCUT2D eigenvalue weighted by atomic mass is 10.2. The summed E-state index contributed by atoms with van der Waals surface area (Å²) in [5, 5.41) is 8.91. The number of quaternary nitrogens is 2. The van der Waals surface area contributed by atoms with E-state index in [4.69, 9.17) is 9.47 Å². The molecule has 1 aliphatic heterocycles. The number of nitrogens with zero attached hydrogens (tertiary/aromatic N) is 3. The maximum absolute atomic E-state index is 12.6. The smallest absolute Gasteiger partial charge is 0.282 e. The van der Waals surface area contributed by atoms with Gasteiger partial charge in [0, 0.05) is 0 Å². The first-order chi connectivity index (χ1) is 14.2. The van der Waals surface area contributed by atoms with Crippen LogP contribution in [0.1, 0.15) is 0 Å². The Kier molecular flexibility index (Phi) is 6.02. The van der Waals surface area contributed by atoms with E-state index in [0.717, 1.165) is 44.2 Å². The number of aromatic nitrogens is 3. The summed E-state index contributed by atoms with van der Waals surface area (Å²) in [6, 6.07) is 15.0. The minimum absolute atomic E-state index is 0.0641. The Hall–Kier alpha value is -2.97. The van der Waals surface area contributed by atoms with Gasteiger partial charge in [-0.1, -0.05) is 17.3 Å². The minimum atomic E-state index is -0.0641. The quantitative estimate of drug-likeness (QED) is 0.514. The molecule has 1 aliphatic rings. The molecule has 3 aromatic rings. The van der Waals surface area contributed by atoms with Gasteiger partial charge in [0.25, 0.3) is 5.56 Å². The first kappa shape index (κ1) is 19.4. The molecule has 8 nitrogen and oxygen atoms in total. The molecule has 0 unspecified atom stereocenters. The van der Waals surface area contributed by atoms with Gasteiger partial charge in [-0.3, -0.25) is 4.79 Å².